The Morgan fingerprint density at radius 3 is 2.50 bits per heavy atom. The van der Waals surface area contributed by atoms with Crippen LogP contribution < -0.4 is 0 Å². The van der Waals surface area contributed by atoms with Gasteiger partial charge in [0.2, 0.25) is 11.7 Å². The lowest BCUT2D eigenvalue weighted by molar-refractivity contribution is -0.394. The Kier molecular flexibility index (Phi) is 4.01. The summed E-state index contributed by atoms with van der Waals surface area (Å²) < 4.78 is 1.30. The normalized spacial score (nSPS) is 22.9. The average molecular weight is 281 g/mol. The highest BCUT2D eigenvalue weighted by Crippen LogP contribution is 2.21. The van der Waals surface area contributed by atoms with Crippen LogP contribution in [0, 0.1) is 28.9 Å². The smallest absolute Gasteiger partial charge is 0.390 e. The molecule has 1 aliphatic heterocycles. The van der Waals surface area contributed by atoms with E-state index in [4.69, 9.17) is 0 Å². The van der Waals surface area contributed by atoms with Crippen LogP contribution >= 0.6 is 0 Å². The van der Waals surface area contributed by atoms with Gasteiger partial charge in [-0.25, -0.2) is 0 Å². The van der Waals surface area contributed by atoms with Gasteiger partial charge in [-0.3, -0.25) is 4.79 Å². The number of amides is 1. The third-order valence-corrected chi connectivity index (χ3v) is 3.52. The molecule has 2 heterocycles. The van der Waals surface area contributed by atoms with Crippen molar-refractivity contribution in [1.29, 1.82) is 0 Å². The van der Waals surface area contributed by atoms with Gasteiger partial charge < -0.3 is 15.0 Å². The summed E-state index contributed by atoms with van der Waals surface area (Å²) in [5.41, 5.74) is 0. The summed E-state index contributed by atoms with van der Waals surface area (Å²) in [6.07, 6.45) is 1.12. The van der Waals surface area contributed by atoms with Crippen LogP contribution in [-0.4, -0.2) is 43.6 Å². The first-order valence-electron chi connectivity index (χ1n) is 6.70. The van der Waals surface area contributed by atoms with Gasteiger partial charge >= 0.3 is 5.95 Å². The minimum Gasteiger partial charge on any atom is -0.390 e. The number of hydrogen-bond acceptors (Lipinski definition) is 5. The molecule has 2 atom stereocenters. The van der Waals surface area contributed by atoms with Crippen molar-refractivity contribution >= 4 is 11.9 Å². The van der Waals surface area contributed by atoms with Gasteiger partial charge in [0.15, 0.2) is 0 Å². The first kappa shape index (κ1) is 14.4. The third kappa shape index (κ3) is 3.12. The van der Waals surface area contributed by atoms with Crippen LogP contribution in [0.25, 0.3) is 0 Å². The Morgan fingerprint density at radius 1 is 1.40 bits per heavy atom. The van der Waals surface area contributed by atoms with Crippen molar-refractivity contribution in [3.8, 4) is 0 Å². The molecule has 0 bridgehead atoms. The lowest BCUT2D eigenvalue weighted by Crippen LogP contribution is -2.44. The van der Waals surface area contributed by atoms with Gasteiger partial charge in [0.05, 0.1) is 0 Å². The molecule has 0 unspecified atom stereocenters. The van der Waals surface area contributed by atoms with E-state index in [0.717, 1.165) is 19.5 Å². The Morgan fingerprint density at radius 2 is 2.00 bits per heavy atom. The van der Waals surface area contributed by atoms with Crippen molar-refractivity contribution in [2.24, 2.45) is 11.8 Å². The number of hydrogen-bond donors (Lipinski definition) is 0. The second-order valence-corrected chi connectivity index (χ2v) is 5.62. The van der Waals surface area contributed by atoms with E-state index in [1.165, 1.54) is 4.68 Å². The molecule has 0 spiro atoms. The molecule has 0 radical (unpaired) electrons. The number of piperidine rings is 1. The number of aromatic nitrogens is 3. The number of carbonyl (C=O) groups is 1. The minimum atomic E-state index is -0.654. The van der Waals surface area contributed by atoms with E-state index in [2.05, 4.69) is 23.9 Å². The average Bonchev–Trinajstić information content (AvgIpc) is 2.70. The van der Waals surface area contributed by atoms with Crippen molar-refractivity contribution in [3.05, 3.63) is 15.9 Å². The largest absolute Gasteiger partial charge is 0.491 e. The van der Waals surface area contributed by atoms with E-state index in [0.29, 0.717) is 17.7 Å². The molecule has 8 nitrogen and oxygen atoms in total. The molecule has 1 aromatic rings. The fraction of sp³-hybridized carbons (Fsp3) is 0.750. The highest BCUT2D eigenvalue weighted by Gasteiger charge is 2.27. The van der Waals surface area contributed by atoms with Gasteiger partial charge in [0.1, 0.15) is 6.54 Å². The fourth-order valence-corrected chi connectivity index (χ4v) is 2.73. The second-order valence-electron chi connectivity index (χ2n) is 5.62. The van der Waals surface area contributed by atoms with Crippen LogP contribution in [0.3, 0.4) is 0 Å². The lowest BCUT2D eigenvalue weighted by Gasteiger charge is -2.34. The summed E-state index contributed by atoms with van der Waals surface area (Å²) in [6.45, 7) is 7.34. The van der Waals surface area contributed by atoms with Gasteiger partial charge in [-0.1, -0.05) is 13.8 Å². The van der Waals surface area contributed by atoms with E-state index in [-0.39, 0.29) is 12.5 Å². The standard InChI is InChI=1S/C12H19N5O3/c1-8-4-9(2)6-15(5-8)11(18)7-16-10(3)13-12(14-16)17(19)20/h8-9H,4-7H2,1-3H3/t8-,9-/m0/s1. The van der Waals surface area contributed by atoms with E-state index in [1.54, 1.807) is 6.92 Å². The molecule has 110 valence electrons. The number of likely N-dealkylation sites (tertiary alicyclic amines) is 1. The third-order valence-electron chi connectivity index (χ3n) is 3.52. The quantitative estimate of drug-likeness (QED) is 0.608. The number of nitrogens with zero attached hydrogens (tertiary/aromatic N) is 5. The molecule has 1 aliphatic rings. The minimum absolute atomic E-state index is 0.00606. The summed E-state index contributed by atoms with van der Waals surface area (Å²) in [5.74, 6) is 0.813. The molecule has 0 aliphatic carbocycles. The fourth-order valence-electron chi connectivity index (χ4n) is 2.73. The molecule has 1 fully saturated rings. The molecule has 8 heteroatoms. The van der Waals surface area contributed by atoms with Crippen LogP contribution in [-0.2, 0) is 11.3 Å². The van der Waals surface area contributed by atoms with Crippen LogP contribution in [0.4, 0.5) is 5.95 Å². The highest BCUT2D eigenvalue weighted by molar-refractivity contribution is 5.76. The van der Waals surface area contributed by atoms with E-state index >= 15 is 0 Å². The summed E-state index contributed by atoms with van der Waals surface area (Å²) in [7, 11) is 0. The zero-order chi connectivity index (χ0) is 14.9. The van der Waals surface area contributed by atoms with Crippen LogP contribution in [0.1, 0.15) is 26.1 Å². The SMILES string of the molecule is Cc1nc([N+](=O)[O-])nn1CC(=O)N1C[C@@H](C)C[C@H](C)C1. The zero-order valence-corrected chi connectivity index (χ0v) is 11.9. The Balaban J connectivity index is 2.06. The molecule has 2 rings (SSSR count). The summed E-state index contributed by atoms with van der Waals surface area (Å²) in [4.78, 5) is 27.7. The first-order valence-corrected chi connectivity index (χ1v) is 6.70. The molecule has 0 aromatic carbocycles. The first-order chi connectivity index (χ1) is 9.36. The van der Waals surface area contributed by atoms with Crippen molar-refractivity contribution in [2.75, 3.05) is 13.1 Å². The van der Waals surface area contributed by atoms with Crippen LogP contribution in [0.2, 0.25) is 0 Å². The molecule has 0 N–H and O–H groups in total. The van der Waals surface area contributed by atoms with E-state index in [9.17, 15) is 14.9 Å². The van der Waals surface area contributed by atoms with E-state index < -0.39 is 10.9 Å². The summed E-state index contributed by atoms with van der Waals surface area (Å²) in [5, 5.41) is 14.4. The molecular formula is C12H19N5O3. The Hall–Kier alpha value is -1.99. The summed E-state index contributed by atoms with van der Waals surface area (Å²) in [6, 6.07) is 0. The topological polar surface area (TPSA) is 94.2 Å². The monoisotopic (exact) mass is 281 g/mol. The van der Waals surface area contributed by atoms with Gasteiger partial charge in [0.25, 0.3) is 0 Å². The van der Waals surface area contributed by atoms with Gasteiger partial charge in [-0.15, -0.1) is 0 Å². The highest BCUT2D eigenvalue weighted by atomic mass is 16.6. The van der Waals surface area contributed by atoms with Crippen molar-refractivity contribution in [2.45, 2.75) is 33.7 Å². The van der Waals surface area contributed by atoms with Gasteiger partial charge in [-0.05, 0) is 28.2 Å². The van der Waals surface area contributed by atoms with Crippen LogP contribution in [0.5, 0.6) is 0 Å². The van der Waals surface area contributed by atoms with Crippen LogP contribution in [0.15, 0.2) is 0 Å². The lowest BCUT2D eigenvalue weighted by atomic mass is 9.92. The maximum Gasteiger partial charge on any atom is 0.491 e. The Labute approximate surface area is 116 Å². The van der Waals surface area contributed by atoms with E-state index in [1.807, 2.05) is 4.90 Å². The summed E-state index contributed by atoms with van der Waals surface area (Å²) >= 11 is 0. The molecule has 1 aromatic heterocycles. The molecule has 20 heavy (non-hydrogen) atoms. The maximum absolute atomic E-state index is 12.3. The second kappa shape index (κ2) is 5.56. The molecule has 1 saturated heterocycles. The maximum atomic E-state index is 12.3. The van der Waals surface area contributed by atoms with Crippen molar-refractivity contribution in [3.63, 3.8) is 0 Å². The van der Waals surface area contributed by atoms with Gasteiger partial charge in [-0.2, -0.15) is 4.68 Å². The van der Waals surface area contributed by atoms with Crippen molar-refractivity contribution < 1.29 is 9.72 Å². The number of aryl methyl sites for hydroxylation is 1. The predicted octanol–water partition coefficient (Wildman–Crippen LogP) is 0.999. The number of rotatable bonds is 3. The van der Waals surface area contributed by atoms with Crippen molar-refractivity contribution in [1.82, 2.24) is 19.7 Å². The molecule has 1 amide bonds. The number of nitro groups is 1. The number of carbonyl (C=O) groups excluding carboxylic acids is 1. The predicted molar refractivity (Wildman–Crippen MR) is 70.9 cm³/mol. The molecular weight excluding hydrogens is 262 g/mol. The zero-order valence-electron chi connectivity index (χ0n) is 11.9. The molecule has 0 saturated carbocycles. The Bertz CT molecular complexity index is 517. The van der Waals surface area contributed by atoms with Gasteiger partial charge in [0, 0.05) is 25.1 Å².